The molecule has 1 aromatic heterocycles. The van der Waals surface area contributed by atoms with Gasteiger partial charge in [0.15, 0.2) is 0 Å². The summed E-state index contributed by atoms with van der Waals surface area (Å²) in [7, 11) is 0. The zero-order chi connectivity index (χ0) is 18.5. The Bertz CT molecular complexity index is 870. The van der Waals surface area contributed by atoms with E-state index in [4.69, 9.17) is 0 Å². The summed E-state index contributed by atoms with van der Waals surface area (Å²) in [6.07, 6.45) is 3.31. The number of carbonyl (C=O) groups is 1. The van der Waals surface area contributed by atoms with Gasteiger partial charge in [-0.05, 0) is 61.1 Å². The van der Waals surface area contributed by atoms with Gasteiger partial charge in [0.1, 0.15) is 5.82 Å². The average molecular weight is 368 g/mol. The summed E-state index contributed by atoms with van der Waals surface area (Å²) in [5.74, 6) is 1.82. The van der Waals surface area contributed by atoms with Gasteiger partial charge in [-0.2, -0.15) is 11.8 Å². The molecule has 0 bridgehead atoms. The van der Waals surface area contributed by atoms with Crippen molar-refractivity contribution in [3.05, 3.63) is 65.0 Å². The van der Waals surface area contributed by atoms with Crippen molar-refractivity contribution in [3.63, 3.8) is 0 Å². The number of rotatable bonds is 7. The van der Waals surface area contributed by atoms with Crippen LogP contribution in [0.4, 0.5) is 0 Å². The molecule has 4 nitrogen and oxygen atoms in total. The molecular weight excluding hydrogens is 342 g/mol. The normalized spacial score (nSPS) is 12.3. The zero-order valence-electron chi connectivity index (χ0n) is 15.5. The van der Waals surface area contributed by atoms with E-state index in [0.29, 0.717) is 6.42 Å². The number of hydrogen-bond donors (Lipinski definition) is 2. The lowest BCUT2D eigenvalue weighted by Crippen LogP contribution is -2.31. The predicted molar refractivity (Wildman–Crippen MR) is 110 cm³/mol. The van der Waals surface area contributed by atoms with E-state index in [1.54, 1.807) is 11.8 Å². The maximum Gasteiger partial charge on any atom is 0.225 e. The standard InChI is InChI=1S/C21H25N3OS/c1-14-8-9-16(12-15(14)2)13-20(25)22-19(10-11-26-3)21-23-17-6-4-5-7-18(17)24-21/h4-9,12,19H,10-11,13H2,1-3H3,(H,22,25)(H,23,24). The number of nitrogens with zero attached hydrogens (tertiary/aromatic N) is 1. The first-order valence-electron chi connectivity index (χ1n) is 8.86. The number of nitrogens with one attached hydrogen (secondary N) is 2. The molecule has 2 aromatic carbocycles. The van der Waals surface area contributed by atoms with Gasteiger partial charge in [-0.15, -0.1) is 0 Å². The topological polar surface area (TPSA) is 57.8 Å². The molecule has 136 valence electrons. The number of benzene rings is 2. The molecule has 3 aromatic rings. The number of aromatic amines is 1. The van der Waals surface area contributed by atoms with Crippen LogP contribution in [0, 0.1) is 13.8 Å². The molecule has 0 saturated heterocycles. The summed E-state index contributed by atoms with van der Waals surface area (Å²) in [5, 5.41) is 3.17. The predicted octanol–water partition coefficient (Wildman–Crippen LogP) is 4.33. The van der Waals surface area contributed by atoms with E-state index in [9.17, 15) is 4.79 Å². The molecule has 2 N–H and O–H groups in total. The molecule has 0 fully saturated rings. The van der Waals surface area contributed by atoms with Gasteiger partial charge in [0.2, 0.25) is 5.91 Å². The third-order valence-corrected chi connectivity index (χ3v) is 5.26. The minimum atomic E-state index is -0.103. The first-order chi connectivity index (χ1) is 12.6. The highest BCUT2D eigenvalue weighted by Gasteiger charge is 2.18. The van der Waals surface area contributed by atoms with Crippen molar-refractivity contribution in [2.24, 2.45) is 0 Å². The highest BCUT2D eigenvalue weighted by Crippen LogP contribution is 2.20. The lowest BCUT2D eigenvalue weighted by Gasteiger charge is -2.16. The minimum Gasteiger partial charge on any atom is -0.346 e. The SMILES string of the molecule is CSCCC(NC(=O)Cc1ccc(C)c(C)c1)c1nc2ccccc2[nH]1. The van der Waals surface area contributed by atoms with Crippen LogP contribution in [0.25, 0.3) is 11.0 Å². The molecule has 26 heavy (non-hydrogen) atoms. The maximum absolute atomic E-state index is 12.6. The summed E-state index contributed by atoms with van der Waals surface area (Å²) in [5.41, 5.74) is 5.43. The lowest BCUT2D eigenvalue weighted by molar-refractivity contribution is -0.121. The Labute approximate surface area is 158 Å². The summed E-state index contributed by atoms with van der Waals surface area (Å²) in [6.45, 7) is 4.16. The molecule has 1 atom stereocenters. The average Bonchev–Trinajstić information content (AvgIpc) is 3.05. The van der Waals surface area contributed by atoms with Crippen molar-refractivity contribution in [2.45, 2.75) is 32.7 Å². The molecule has 3 rings (SSSR count). The van der Waals surface area contributed by atoms with Crippen LogP contribution >= 0.6 is 11.8 Å². The van der Waals surface area contributed by atoms with Crippen LogP contribution in [-0.2, 0) is 11.2 Å². The van der Waals surface area contributed by atoms with Crippen molar-refractivity contribution in [1.82, 2.24) is 15.3 Å². The fourth-order valence-electron chi connectivity index (χ4n) is 2.99. The number of hydrogen-bond acceptors (Lipinski definition) is 3. The Morgan fingerprint density at radius 2 is 2.00 bits per heavy atom. The van der Waals surface area contributed by atoms with E-state index in [2.05, 4.69) is 47.5 Å². The monoisotopic (exact) mass is 367 g/mol. The van der Waals surface area contributed by atoms with Crippen LogP contribution in [0.1, 0.15) is 35.0 Å². The Morgan fingerprint density at radius 3 is 2.73 bits per heavy atom. The van der Waals surface area contributed by atoms with E-state index < -0.39 is 0 Å². The summed E-state index contributed by atoms with van der Waals surface area (Å²) in [6, 6.07) is 14.0. The lowest BCUT2D eigenvalue weighted by atomic mass is 10.0. The van der Waals surface area contributed by atoms with Crippen molar-refractivity contribution >= 4 is 28.7 Å². The molecule has 0 spiro atoms. The molecule has 1 amide bonds. The fourth-order valence-corrected chi connectivity index (χ4v) is 3.47. The first kappa shape index (κ1) is 18.5. The van der Waals surface area contributed by atoms with Crippen LogP contribution in [0.2, 0.25) is 0 Å². The van der Waals surface area contributed by atoms with Crippen molar-refractivity contribution in [2.75, 3.05) is 12.0 Å². The maximum atomic E-state index is 12.6. The second kappa shape index (κ2) is 8.41. The zero-order valence-corrected chi connectivity index (χ0v) is 16.3. The fraction of sp³-hybridized carbons (Fsp3) is 0.333. The molecule has 5 heteroatoms. The van der Waals surface area contributed by atoms with Crippen molar-refractivity contribution in [1.29, 1.82) is 0 Å². The van der Waals surface area contributed by atoms with E-state index in [0.717, 1.165) is 34.6 Å². The second-order valence-corrected chi connectivity index (χ2v) is 7.62. The highest BCUT2D eigenvalue weighted by atomic mass is 32.2. The molecule has 0 radical (unpaired) electrons. The van der Waals surface area contributed by atoms with Crippen LogP contribution < -0.4 is 5.32 Å². The molecule has 0 aliphatic rings. The van der Waals surface area contributed by atoms with E-state index in [1.807, 2.05) is 30.3 Å². The van der Waals surface area contributed by atoms with Gasteiger partial charge in [-0.3, -0.25) is 4.79 Å². The van der Waals surface area contributed by atoms with Crippen LogP contribution in [0.15, 0.2) is 42.5 Å². The summed E-state index contributed by atoms with van der Waals surface area (Å²) in [4.78, 5) is 20.6. The van der Waals surface area contributed by atoms with Crippen LogP contribution in [0.3, 0.4) is 0 Å². The number of amides is 1. The summed E-state index contributed by atoms with van der Waals surface area (Å²) >= 11 is 1.77. The largest absolute Gasteiger partial charge is 0.346 e. The van der Waals surface area contributed by atoms with Crippen LogP contribution in [0.5, 0.6) is 0 Å². The number of H-pyrrole nitrogens is 1. The van der Waals surface area contributed by atoms with Gasteiger partial charge in [0.05, 0.1) is 23.5 Å². The number of aryl methyl sites for hydroxylation is 2. The Balaban J connectivity index is 1.74. The van der Waals surface area contributed by atoms with Gasteiger partial charge < -0.3 is 10.3 Å². The second-order valence-electron chi connectivity index (χ2n) is 6.64. The van der Waals surface area contributed by atoms with Crippen molar-refractivity contribution in [3.8, 4) is 0 Å². The first-order valence-corrected chi connectivity index (χ1v) is 10.3. The number of fused-ring (bicyclic) bond motifs is 1. The van der Waals surface area contributed by atoms with Gasteiger partial charge in [-0.1, -0.05) is 30.3 Å². The Morgan fingerprint density at radius 1 is 1.19 bits per heavy atom. The molecular formula is C21H25N3OS. The van der Waals surface area contributed by atoms with E-state index in [-0.39, 0.29) is 11.9 Å². The van der Waals surface area contributed by atoms with Gasteiger partial charge in [0, 0.05) is 0 Å². The third-order valence-electron chi connectivity index (χ3n) is 4.62. The molecule has 0 aliphatic carbocycles. The number of para-hydroxylation sites is 2. The highest BCUT2D eigenvalue weighted by molar-refractivity contribution is 7.98. The van der Waals surface area contributed by atoms with Gasteiger partial charge in [-0.25, -0.2) is 4.98 Å². The number of thioether (sulfide) groups is 1. The third kappa shape index (κ3) is 4.47. The quantitative estimate of drug-likeness (QED) is 0.653. The number of carbonyl (C=O) groups excluding carboxylic acids is 1. The summed E-state index contributed by atoms with van der Waals surface area (Å²) < 4.78 is 0. The van der Waals surface area contributed by atoms with Crippen molar-refractivity contribution < 1.29 is 4.79 Å². The minimum absolute atomic E-state index is 0.0276. The molecule has 1 heterocycles. The Kier molecular flexibility index (Phi) is 5.99. The number of aromatic nitrogens is 2. The van der Waals surface area contributed by atoms with Crippen LogP contribution in [-0.4, -0.2) is 27.9 Å². The Hall–Kier alpha value is -2.27. The molecule has 0 saturated carbocycles. The number of imidazole rings is 1. The molecule has 1 unspecified atom stereocenters. The smallest absolute Gasteiger partial charge is 0.225 e. The van der Waals surface area contributed by atoms with Gasteiger partial charge >= 0.3 is 0 Å². The van der Waals surface area contributed by atoms with Gasteiger partial charge in [0.25, 0.3) is 0 Å². The van der Waals surface area contributed by atoms with E-state index >= 15 is 0 Å². The van der Waals surface area contributed by atoms with E-state index in [1.165, 1.54) is 11.1 Å². The molecule has 0 aliphatic heterocycles.